The molecule has 0 amide bonds. The molecule has 10 heteroatoms. The molecule has 0 aromatic heterocycles. The first-order valence-electron chi connectivity index (χ1n) is 5.76. The molecule has 0 heterocycles. The number of nitrogens with zero attached hydrogens (tertiary/aromatic N) is 1. The molecule has 10 nitrogen and oxygen atoms in total. The predicted octanol–water partition coefficient (Wildman–Crippen LogP) is -1.45. The van der Waals surface area contributed by atoms with Gasteiger partial charge in [0.1, 0.15) is 6.04 Å². The minimum absolute atomic E-state index is 0.0129. The van der Waals surface area contributed by atoms with E-state index in [2.05, 4.69) is 4.99 Å². The van der Waals surface area contributed by atoms with Crippen LogP contribution in [0.25, 0.3) is 0 Å². The quantitative estimate of drug-likeness (QED) is 0.141. The summed E-state index contributed by atoms with van der Waals surface area (Å²) in [4.78, 5) is 33.6. The van der Waals surface area contributed by atoms with Gasteiger partial charge in [-0.15, -0.1) is 0 Å². The molecule has 0 aromatic rings. The fraction of sp³-hybridized carbons (Fsp3) is 0.455. The van der Waals surface area contributed by atoms with Gasteiger partial charge in [-0.05, 0) is 19.8 Å². The van der Waals surface area contributed by atoms with Crippen molar-refractivity contribution in [2.45, 2.75) is 25.8 Å². The number of hydrogen-bond acceptors (Lipinski definition) is 5. The van der Waals surface area contributed by atoms with Gasteiger partial charge in [0.15, 0.2) is 5.96 Å². The summed E-state index contributed by atoms with van der Waals surface area (Å²) in [5, 5.41) is 24.5. The molecule has 0 fully saturated rings. The minimum Gasteiger partial charge on any atom is -0.480 e. The third kappa shape index (κ3) is 15.3. The summed E-state index contributed by atoms with van der Waals surface area (Å²) < 4.78 is 0. The summed E-state index contributed by atoms with van der Waals surface area (Å²) in [5.41, 5.74) is 15.1. The SMILES string of the molecule is C/C(=C\C(=O)O)C(=O)O.NC(N)=NCCC[C@H](N)C(=O)O. The molecule has 0 saturated carbocycles. The van der Waals surface area contributed by atoms with E-state index in [1.807, 2.05) is 0 Å². The van der Waals surface area contributed by atoms with Gasteiger partial charge in [0.05, 0.1) is 0 Å². The molecule has 9 N–H and O–H groups in total. The molecular formula is C11H20N4O6. The van der Waals surface area contributed by atoms with Gasteiger partial charge in [-0.1, -0.05) is 0 Å². The molecule has 120 valence electrons. The van der Waals surface area contributed by atoms with E-state index < -0.39 is 23.9 Å². The van der Waals surface area contributed by atoms with Crippen LogP contribution in [0.4, 0.5) is 0 Å². The van der Waals surface area contributed by atoms with Crippen LogP contribution in [0.3, 0.4) is 0 Å². The normalized spacial score (nSPS) is 11.6. The van der Waals surface area contributed by atoms with Crippen LogP contribution in [0, 0.1) is 0 Å². The molecule has 0 saturated heterocycles. The Bertz CT molecular complexity index is 428. The molecule has 0 aliphatic heterocycles. The van der Waals surface area contributed by atoms with E-state index in [0.29, 0.717) is 25.5 Å². The van der Waals surface area contributed by atoms with Gasteiger partial charge in [0.2, 0.25) is 0 Å². The first-order chi connectivity index (χ1) is 9.57. The Balaban J connectivity index is 0. The second kappa shape index (κ2) is 11.2. The van der Waals surface area contributed by atoms with Crippen molar-refractivity contribution in [1.29, 1.82) is 0 Å². The zero-order valence-corrected chi connectivity index (χ0v) is 11.5. The lowest BCUT2D eigenvalue weighted by molar-refractivity contribution is -0.138. The van der Waals surface area contributed by atoms with E-state index in [-0.39, 0.29) is 11.5 Å². The van der Waals surface area contributed by atoms with Crippen LogP contribution in [0.5, 0.6) is 0 Å². The average molecular weight is 304 g/mol. The van der Waals surface area contributed by atoms with Crippen molar-refractivity contribution in [3.63, 3.8) is 0 Å². The van der Waals surface area contributed by atoms with E-state index >= 15 is 0 Å². The van der Waals surface area contributed by atoms with Crippen molar-refractivity contribution in [2.75, 3.05) is 6.54 Å². The molecule has 0 bridgehead atoms. The highest BCUT2D eigenvalue weighted by molar-refractivity contribution is 5.94. The fourth-order valence-corrected chi connectivity index (χ4v) is 0.890. The molecule has 0 unspecified atom stereocenters. The second-order valence-corrected chi connectivity index (χ2v) is 3.86. The molecule has 0 rings (SSSR count). The smallest absolute Gasteiger partial charge is 0.331 e. The first kappa shape index (κ1) is 20.7. The summed E-state index contributed by atoms with van der Waals surface area (Å²) in [6.45, 7) is 1.64. The number of nitrogens with two attached hydrogens (primary N) is 3. The first-order valence-corrected chi connectivity index (χ1v) is 5.76. The maximum atomic E-state index is 10.2. The third-order valence-corrected chi connectivity index (χ3v) is 1.96. The Morgan fingerprint density at radius 3 is 2.00 bits per heavy atom. The number of aliphatic imine (C=N–C) groups is 1. The van der Waals surface area contributed by atoms with Gasteiger partial charge in [-0.25, -0.2) is 9.59 Å². The standard InChI is InChI=1S/C6H14N4O2.C5H6O4/c7-4(5(11)12)2-1-3-10-6(8)9;1-3(5(8)9)2-4(6)7/h4H,1-3,7H2,(H,11,12)(H4,8,9,10);2H,1H3,(H,6,7)(H,8,9)/b;3-2+/t4-;/m0./s1. The lowest BCUT2D eigenvalue weighted by atomic mass is 10.2. The second-order valence-electron chi connectivity index (χ2n) is 3.86. The van der Waals surface area contributed by atoms with Crippen LogP contribution in [-0.4, -0.2) is 51.8 Å². The Hall–Kier alpha value is -2.62. The van der Waals surface area contributed by atoms with Crippen molar-refractivity contribution >= 4 is 23.9 Å². The monoisotopic (exact) mass is 304 g/mol. The van der Waals surface area contributed by atoms with Crippen LogP contribution in [0.1, 0.15) is 19.8 Å². The van der Waals surface area contributed by atoms with Gasteiger partial charge < -0.3 is 32.5 Å². The Morgan fingerprint density at radius 1 is 1.19 bits per heavy atom. The van der Waals surface area contributed by atoms with E-state index in [1.165, 1.54) is 6.92 Å². The van der Waals surface area contributed by atoms with Gasteiger partial charge in [0.25, 0.3) is 0 Å². The summed E-state index contributed by atoms with van der Waals surface area (Å²) in [6.07, 6.45) is 1.60. The molecule has 1 atom stereocenters. The van der Waals surface area contributed by atoms with Crippen LogP contribution in [0.15, 0.2) is 16.6 Å². The topological polar surface area (TPSA) is 202 Å². The fourth-order valence-electron chi connectivity index (χ4n) is 0.890. The number of rotatable bonds is 7. The van der Waals surface area contributed by atoms with Crippen molar-refractivity contribution in [3.8, 4) is 0 Å². The maximum absolute atomic E-state index is 10.2. The number of carbonyl (C=O) groups is 3. The molecule has 21 heavy (non-hydrogen) atoms. The van der Waals surface area contributed by atoms with E-state index in [0.717, 1.165) is 0 Å². The highest BCUT2D eigenvalue weighted by atomic mass is 16.4. The molecule has 0 spiro atoms. The predicted molar refractivity (Wildman–Crippen MR) is 74.6 cm³/mol. The van der Waals surface area contributed by atoms with Crippen LogP contribution in [-0.2, 0) is 14.4 Å². The maximum Gasteiger partial charge on any atom is 0.331 e. The van der Waals surface area contributed by atoms with Gasteiger partial charge in [0, 0.05) is 18.2 Å². The lowest BCUT2D eigenvalue weighted by Crippen LogP contribution is -2.30. The van der Waals surface area contributed by atoms with Gasteiger partial charge >= 0.3 is 17.9 Å². The van der Waals surface area contributed by atoms with E-state index in [9.17, 15) is 14.4 Å². The van der Waals surface area contributed by atoms with Crippen LogP contribution in [0.2, 0.25) is 0 Å². The molecule has 0 aliphatic carbocycles. The Kier molecular flexibility index (Phi) is 11.1. The number of carboxylic acid groups (broad SMARTS) is 3. The van der Waals surface area contributed by atoms with Gasteiger partial charge in [-0.2, -0.15) is 0 Å². The number of hydrogen-bond donors (Lipinski definition) is 6. The molecule has 0 aromatic carbocycles. The summed E-state index contributed by atoms with van der Waals surface area (Å²) in [5.74, 6) is -3.44. The number of aliphatic carboxylic acids is 3. The van der Waals surface area contributed by atoms with Crippen molar-refractivity contribution in [1.82, 2.24) is 0 Å². The lowest BCUT2D eigenvalue weighted by Gasteiger charge is -2.03. The van der Waals surface area contributed by atoms with Crippen LogP contribution < -0.4 is 17.2 Å². The molecule has 0 aliphatic rings. The highest BCUT2D eigenvalue weighted by Gasteiger charge is 2.09. The summed E-state index contributed by atoms with van der Waals surface area (Å²) in [6, 6.07) is -0.820. The Labute approximate surface area is 120 Å². The summed E-state index contributed by atoms with van der Waals surface area (Å²) in [7, 11) is 0. The number of guanidine groups is 1. The molecule has 0 radical (unpaired) electrons. The zero-order valence-electron chi connectivity index (χ0n) is 11.5. The highest BCUT2D eigenvalue weighted by Crippen LogP contribution is 1.94. The molecular weight excluding hydrogens is 284 g/mol. The van der Waals surface area contributed by atoms with Gasteiger partial charge in [-0.3, -0.25) is 9.79 Å². The Morgan fingerprint density at radius 2 is 1.71 bits per heavy atom. The summed E-state index contributed by atoms with van der Waals surface area (Å²) >= 11 is 0. The number of carboxylic acids is 3. The van der Waals surface area contributed by atoms with Crippen molar-refractivity contribution < 1.29 is 29.7 Å². The minimum atomic E-state index is -1.24. The zero-order chi connectivity index (χ0) is 17.0. The average Bonchev–Trinajstić information content (AvgIpc) is 2.33. The third-order valence-electron chi connectivity index (χ3n) is 1.96. The van der Waals surface area contributed by atoms with Crippen molar-refractivity contribution in [3.05, 3.63) is 11.6 Å². The van der Waals surface area contributed by atoms with Crippen LogP contribution >= 0.6 is 0 Å². The van der Waals surface area contributed by atoms with Crippen molar-refractivity contribution in [2.24, 2.45) is 22.2 Å². The largest absolute Gasteiger partial charge is 0.480 e. The van der Waals surface area contributed by atoms with E-state index in [4.69, 9.17) is 32.5 Å². The van der Waals surface area contributed by atoms with E-state index in [1.54, 1.807) is 0 Å².